The Labute approximate surface area is 367 Å². The van der Waals surface area contributed by atoms with E-state index in [1.807, 2.05) is 115 Å². The van der Waals surface area contributed by atoms with Crippen molar-refractivity contribution in [3.8, 4) is 56.4 Å². The summed E-state index contributed by atoms with van der Waals surface area (Å²) in [6.07, 6.45) is 0. The minimum atomic E-state index is -0.883. The summed E-state index contributed by atoms with van der Waals surface area (Å²) < 4.78 is 131. The SMILES string of the molecule is [2H]c1c([2H])c([2H])c(N(c2c([2H])c([2H])c([2H])c([2H])c2[2H])c2c([2H])c([2H])c(-c3ccc(-c4ccc(-c5nc(-c6ccccc6)nc(-c6ccccc6)n5)c5ccccc45)c4c3oc3ccccc34)c([2H])c2[2H])c([2H])c1[2H]. The van der Waals surface area contributed by atoms with Crippen molar-refractivity contribution in [3.05, 3.63) is 218 Å². The van der Waals surface area contributed by atoms with E-state index >= 15 is 0 Å². The van der Waals surface area contributed by atoms with Gasteiger partial charge in [-0.3, -0.25) is 0 Å². The molecule has 0 atom stereocenters. The van der Waals surface area contributed by atoms with Crippen LogP contribution >= 0.6 is 0 Å². The van der Waals surface area contributed by atoms with Crippen molar-refractivity contribution in [2.24, 2.45) is 0 Å². The molecule has 0 radical (unpaired) electrons. The normalized spacial score (nSPS) is 14.6. The van der Waals surface area contributed by atoms with E-state index in [0.29, 0.717) is 44.3 Å². The maximum absolute atomic E-state index is 9.59. The lowest BCUT2D eigenvalue weighted by molar-refractivity contribution is 0.670. The van der Waals surface area contributed by atoms with Crippen LogP contribution in [-0.2, 0) is 0 Å². The van der Waals surface area contributed by atoms with Crippen molar-refractivity contribution < 1.29 is 23.6 Å². The van der Waals surface area contributed by atoms with Crippen LogP contribution in [0.25, 0.3) is 89.1 Å². The zero-order valence-corrected chi connectivity index (χ0v) is 31.4. The third kappa shape index (κ3) is 6.26. The summed E-state index contributed by atoms with van der Waals surface area (Å²) in [6.45, 7) is 0. The zero-order chi connectivity index (χ0) is 52.0. The second kappa shape index (κ2) is 15.0. The number of nitrogens with zero attached hydrogens (tertiary/aromatic N) is 4. The van der Waals surface area contributed by atoms with Crippen LogP contribution < -0.4 is 4.90 Å². The minimum absolute atomic E-state index is 0.161. The number of fused-ring (bicyclic) bond motifs is 4. The number of hydrogen-bond acceptors (Lipinski definition) is 5. The van der Waals surface area contributed by atoms with Gasteiger partial charge in [0.1, 0.15) is 11.2 Å². The van der Waals surface area contributed by atoms with E-state index in [0.717, 1.165) is 33.0 Å². The van der Waals surface area contributed by atoms with Gasteiger partial charge in [0.2, 0.25) is 0 Å². The molecule has 0 saturated carbocycles. The molecule has 11 rings (SSSR count). The summed E-state index contributed by atoms with van der Waals surface area (Å²) in [7, 11) is 0. The number of rotatable bonds is 8. The van der Waals surface area contributed by atoms with Crippen LogP contribution in [0.4, 0.5) is 17.1 Å². The number of hydrogen-bond donors (Lipinski definition) is 0. The van der Waals surface area contributed by atoms with E-state index in [1.54, 1.807) is 18.2 Å². The van der Waals surface area contributed by atoms with Gasteiger partial charge in [0, 0.05) is 50.1 Å². The molecule has 5 nitrogen and oxygen atoms in total. The minimum Gasteiger partial charge on any atom is -0.455 e. The molecule has 0 bridgehead atoms. The van der Waals surface area contributed by atoms with Crippen LogP contribution in [0.1, 0.15) is 19.2 Å². The highest BCUT2D eigenvalue weighted by Gasteiger charge is 2.21. The first kappa shape index (κ1) is 23.3. The first-order chi connectivity index (χ1) is 35.6. The Balaban J connectivity index is 1.13. The molecule has 0 fully saturated rings. The van der Waals surface area contributed by atoms with E-state index < -0.39 is 102 Å². The molecule has 2 aromatic heterocycles. The topological polar surface area (TPSA) is 55.1 Å². The summed E-state index contributed by atoms with van der Waals surface area (Å²) in [4.78, 5) is 15.5. The van der Waals surface area contributed by atoms with Crippen molar-refractivity contribution in [1.29, 1.82) is 0 Å². The average Bonchev–Trinajstić information content (AvgIpc) is 3.83. The molecule has 0 N–H and O–H groups in total. The van der Waals surface area contributed by atoms with E-state index in [9.17, 15) is 5.48 Å². The predicted octanol–water partition coefficient (Wildman–Crippen LogP) is 14.7. The fourth-order valence-electron chi connectivity index (χ4n) is 7.51. The highest BCUT2D eigenvalue weighted by molar-refractivity contribution is 6.19. The van der Waals surface area contributed by atoms with Gasteiger partial charge in [-0.25, -0.2) is 15.0 Å². The third-order valence-corrected chi connectivity index (χ3v) is 10.2. The number of furan rings is 1. The zero-order valence-electron chi connectivity index (χ0n) is 45.4. The Morgan fingerprint density at radius 1 is 0.367 bits per heavy atom. The Morgan fingerprint density at radius 3 is 1.45 bits per heavy atom. The first-order valence-corrected chi connectivity index (χ1v) is 19.0. The molecular formula is C55H36N4O. The quantitative estimate of drug-likeness (QED) is 0.154. The Morgan fingerprint density at radius 2 is 0.833 bits per heavy atom. The molecular weight excluding hydrogens is 733 g/mol. The number of anilines is 3. The third-order valence-electron chi connectivity index (χ3n) is 10.2. The van der Waals surface area contributed by atoms with Crippen molar-refractivity contribution in [2.75, 3.05) is 4.90 Å². The van der Waals surface area contributed by atoms with Gasteiger partial charge in [-0.05, 0) is 81.9 Å². The van der Waals surface area contributed by atoms with Crippen LogP contribution in [0, 0.1) is 0 Å². The van der Waals surface area contributed by atoms with Gasteiger partial charge < -0.3 is 9.32 Å². The van der Waals surface area contributed by atoms with Crippen molar-refractivity contribution in [3.63, 3.8) is 0 Å². The van der Waals surface area contributed by atoms with E-state index in [-0.39, 0.29) is 16.7 Å². The lowest BCUT2D eigenvalue weighted by Gasteiger charge is -2.25. The monoisotopic (exact) mass is 782 g/mol. The summed E-state index contributed by atoms with van der Waals surface area (Å²) in [5.41, 5.74) is 2.27. The lowest BCUT2D eigenvalue weighted by atomic mass is 9.90. The smallest absolute Gasteiger partial charge is 0.164 e. The van der Waals surface area contributed by atoms with Crippen LogP contribution in [0.15, 0.2) is 222 Å². The Bertz CT molecular complexity index is 3940. The van der Waals surface area contributed by atoms with E-state index in [2.05, 4.69) is 0 Å². The molecule has 0 aliphatic carbocycles. The second-order valence-corrected chi connectivity index (χ2v) is 13.7. The molecule has 0 aliphatic rings. The van der Waals surface area contributed by atoms with Crippen LogP contribution in [0.5, 0.6) is 0 Å². The van der Waals surface area contributed by atoms with Gasteiger partial charge in [0.15, 0.2) is 17.5 Å². The largest absolute Gasteiger partial charge is 0.455 e. The van der Waals surface area contributed by atoms with Crippen LogP contribution in [0.3, 0.4) is 0 Å². The van der Waals surface area contributed by atoms with Gasteiger partial charge in [0.05, 0.1) is 19.2 Å². The Hall–Kier alpha value is -8.15. The maximum Gasteiger partial charge on any atom is 0.164 e. The van der Waals surface area contributed by atoms with Crippen molar-refractivity contribution in [2.45, 2.75) is 0 Å². The van der Waals surface area contributed by atoms with Crippen LogP contribution in [-0.4, -0.2) is 15.0 Å². The van der Waals surface area contributed by atoms with Crippen LogP contribution in [0.2, 0.25) is 0 Å². The number of aromatic nitrogens is 3. The molecule has 0 unspecified atom stereocenters. The van der Waals surface area contributed by atoms with Gasteiger partial charge >= 0.3 is 0 Å². The Kier molecular flexibility index (Phi) is 5.82. The van der Waals surface area contributed by atoms with Gasteiger partial charge in [-0.15, -0.1) is 0 Å². The summed E-state index contributed by atoms with van der Waals surface area (Å²) in [6, 6.07) is 30.4. The van der Waals surface area contributed by atoms with Gasteiger partial charge in [0.25, 0.3) is 0 Å². The molecule has 11 aromatic rings. The molecule has 0 amide bonds. The van der Waals surface area contributed by atoms with Crippen molar-refractivity contribution in [1.82, 2.24) is 15.0 Å². The number of para-hydroxylation sites is 3. The molecule has 0 saturated heterocycles. The summed E-state index contributed by atoms with van der Waals surface area (Å²) in [5, 5.41) is 2.94. The van der Waals surface area contributed by atoms with Gasteiger partial charge in [-0.2, -0.15) is 0 Å². The highest BCUT2D eigenvalue weighted by Crippen LogP contribution is 2.45. The molecule has 5 heteroatoms. The first-order valence-electron chi connectivity index (χ1n) is 26.0. The molecule has 0 spiro atoms. The number of benzene rings is 9. The predicted molar refractivity (Wildman–Crippen MR) is 246 cm³/mol. The fraction of sp³-hybridized carbons (Fsp3) is 0. The molecule has 0 aliphatic heterocycles. The molecule has 9 aromatic carbocycles. The molecule has 282 valence electrons. The standard InChI is InChI=1S/C55H36N4O/c1-5-17-38(18-6-1)53-56-54(39-19-7-2-8-20-39)58-55(57-53)48-36-34-46(44-25-13-14-26-45(44)48)47-35-33-43(52-51(47)49-27-15-16-28-50(49)60-52)37-29-31-42(32-30-37)59(40-21-9-3-10-22-40)41-23-11-4-12-24-41/h1-36H/i3D,4D,9D,10D,11D,12D,21D,22D,23D,24D,29D,30D,31D,32D. The highest BCUT2D eigenvalue weighted by atomic mass is 16.3. The van der Waals surface area contributed by atoms with E-state index in [1.165, 1.54) is 0 Å². The fourth-order valence-corrected chi connectivity index (χ4v) is 7.51. The summed E-state index contributed by atoms with van der Waals surface area (Å²) >= 11 is 0. The van der Waals surface area contributed by atoms with Crippen molar-refractivity contribution >= 4 is 49.8 Å². The maximum atomic E-state index is 9.59. The molecule has 2 heterocycles. The summed E-state index contributed by atoms with van der Waals surface area (Å²) in [5.74, 6) is 1.46. The second-order valence-electron chi connectivity index (χ2n) is 13.7. The molecule has 60 heavy (non-hydrogen) atoms. The lowest BCUT2D eigenvalue weighted by Crippen LogP contribution is -2.09. The van der Waals surface area contributed by atoms with E-state index in [4.69, 9.17) is 33.1 Å². The van der Waals surface area contributed by atoms with Gasteiger partial charge in [-0.1, -0.05) is 164 Å². The average molecular weight is 783 g/mol.